The molecule has 100 valence electrons. The lowest BCUT2D eigenvalue weighted by Gasteiger charge is -2.28. The summed E-state index contributed by atoms with van der Waals surface area (Å²) >= 11 is 0. The Balaban J connectivity index is 1.77. The van der Waals surface area contributed by atoms with Crippen LogP contribution in [-0.2, 0) is 0 Å². The van der Waals surface area contributed by atoms with Gasteiger partial charge in [0.15, 0.2) is 0 Å². The third kappa shape index (κ3) is 2.00. The van der Waals surface area contributed by atoms with Gasteiger partial charge in [-0.25, -0.2) is 0 Å². The van der Waals surface area contributed by atoms with Crippen LogP contribution in [0.3, 0.4) is 0 Å². The monoisotopic (exact) mass is 260 g/mol. The lowest BCUT2D eigenvalue weighted by Crippen LogP contribution is -2.14. The lowest BCUT2D eigenvalue weighted by molar-refractivity contribution is 0.469. The Kier molecular flexibility index (Phi) is 2.95. The highest BCUT2D eigenvalue weighted by Crippen LogP contribution is 2.51. The van der Waals surface area contributed by atoms with Gasteiger partial charge in [0.25, 0.3) is 0 Å². The maximum atomic E-state index is 2.57. The second-order valence-electron chi connectivity index (χ2n) is 6.19. The van der Waals surface area contributed by atoms with E-state index >= 15 is 0 Å². The van der Waals surface area contributed by atoms with Gasteiger partial charge in [-0.3, -0.25) is 0 Å². The topological polar surface area (TPSA) is 0 Å². The van der Waals surface area contributed by atoms with Gasteiger partial charge >= 0.3 is 0 Å². The summed E-state index contributed by atoms with van der Waals surface area (Å²) in [6.45, 7) is 0. The zero-order chi connectivity index (χ0) is 13.4. The summed E-state index contributed by atoms with van der Waals surface area (Å²) in [5.74, 6) is 2.27. The van der Waals surface area contributed by atoms with Crippen LogP contribution in [0.5, 0.6) is 0 Å². The number of hydrogen-bond donors (Lipinski definition) is 0. The van der Waals surface area contributed by atoms with E-state index in [1.165, 1.54) is 30.4 Å². The molecule has 2 aliphatic rings. The standard InChI is InChI=1S/C20H20/c1-3-7-15(8-4-1)19-14-20(16-9-5-2-6-10-16)18-12-11-17(19)13-18/h1-10,14,17-19H,11-13H2. The summed E-state index contributed by atoms with van der Waals surface area (Å²) in [4.78, 5) is 0. The van der Waals surface area contributed by atoms with Crippen LogP contribution in [0.4, 0.5) is 0 Å². The molecule has 2 aromatic carbocycles. The predicted octanol–water partition coefficient (Wildman–Crippen LogP) is 5.28. The van der Waals surface area contributed by atoms with Gasteiger partial charge in [-0.15, -0.1) is 0 Å². The molecule has 0 nitrogen and oxygen atoms in total. The van der Waals surface area contributed by atoms with Gasteiger partial charge in [0, 0.05) is 5.92 Å². The molecule has 0 aliphatic heterocycles. The number of allylic oxidation sites excluding steroid dienone is 2. The molecule has 4 rings (SSSR count). The molecule has 1 saturated carbocycles. The first-order valence-electron chi connectivity index (χ1n) is 7.74. The maximum Gasteiger partial charge on any atom is 0.00526 e. The second kappa shape index (κ2) is 4.94. The quantitative estimate of drug-likeness (QED) is 0.688. The molecule has 0 heterocycles. The molecule has 2 aliphatic carbocycles. The summed E-state index contributed by atoms with van der Waals surface area (Å²) in [6, 6.07) is 22.0. The molecular formula is C20H20. The van der Waals surface area contributed by atoms with Gasteiger partial charge in [0.2, 0.25) is 0 Å². The van der Waals surface area contributed by atoms with E-state index in [4.69, 9.17) is 0 Å². The number of rotatable bonds is 2. The van der Waals surface area contributed by atoms with Gasteiger partial charge in [-0.2, -0.15) is 0 Å². The van der Waals surface area contributed by atoms with Gasteiger partial charge in [0.05, 0.1) is 0 Å². The van der Waals surface area contributed by atoms with E-state index in [0.29, 0.717) is 5.92 Å². The Morgan fingerprint density at radius 1 is 0.750 bits per heavy atom. The Labute approximate surface area is 121 Å². The molecule has 2 bridgehead atoms. The minimum absolute atomic E-state index is 0.616. The molecule has 0 radical (unpaired) electrons. The molecule has 0 spiro atoms. The van der Waals surface area contributed by atoms with Crippen molar-refractivity contribution >= 4 is 5.57 Å². The zero-order valence-corrected chi connectivity index (χ0v) is 11.7. The predicted molar refractivity (Wildman–Crippen MR) is 84.4 cm³/mol. The Hall–Kier alpha value is -1.82. The number of hydrogen-bond acceptors (Lipinski definition) is 0. The highest BCUT2D eigenvalue weighted by atomic mass is 14.4. The normalized spacial score (nSPS) is 28.2. The van der Waals surface area contributed by atoms with Crippen LogP contribution >= 0.6 is 0 Å². The highest BCUT2D eigenvalue weighted by Gasteiger charge is 2.37. The van der Waals surface area contributed by atoms with Crippen molar-refractivity contribution in [2.45, 2.75) is 25.2 Å². The van der Waals surface area contributed by atoms with Gasteiger partial charge < -0.3 is 0 Å². The van der Waals surface area contributed by atoms with E-state index in [1.54, 1.807) is 5.57 Å². The molecule has 0 aromatic heterocycles. The molecule has 0 amide bonds. The van der Waals surface area contributed by atoms with Gasteiger partial charge in [-0.1, -0.05) is 66.7 Å². The lowest BCUT2D eigenvalue weighted by atomic mass is 9.76. The van der Waals surface area contributed by atoms with Crippen LogP contribution in [0, 0.1) is 11.8 Å². The molecule has 0 N–H and O–H groups in total. The fourth-order valence-electron chi connectivity index (χ4n) is 4.10. The van der Waals surface area contributed by atoms with Crippen molar-refractivity contribution in [1.29, 1.82) is 0 Å². The van der Waals surface area contributed by atoms with Crippen molar-refractivity contribution in [2.24, 2.45) is 11.8 Å². The molecule has 20 heavy (non-hydrogen) atoms. The van der Waals surface area contributed by atoms with E-state index in [1.807, 2.05) is 0 Å². The first-order chi connectivity index (χ1) is 9.92. The minimum Gasteiger partial charge on any atom is -0.0726 e. The van der Waals surface area contributed by atoms with E-state index in [9.17, 15) is 0 Å². The van der Waals surface area contributed by atoms with Crippen LogP contribution in [0.15, 0.2) is 66.7 Å². The van der Waals surface area contributed by atoms with Crippen molar-refractivity contribution in [3.8, 4) is 0 Å². The summed E-state index contributed by atoms with van der Waals surface area (Å²) in [5, 5.41) is 0. The van der Waals surface area contributed by atoms with Crippen molar-refractivity contribution in [3.05, 3.63) is 77.9 Å². The van der Waals surface area contributed by atoms with E-state index < -0.39 is 0 Å². The van der Waals surface area contributed by atoms with E-state index in [-0.39, 0.29) is 0 Å². The molecular weight excluding hydrogens is 240 g/mol. The molecule has 1 fully saturated rings. The third-order valence-corrected chi connectivity index (χ3v) is 5.07. The fraction of sp³-hybridized carbons (Fsp3) is 0.300. The summed E-state index contributed by atoms with van der Waals surface area (Å²) in [7, 11) is 0. The Morgan fingerprint density at radius 3 is 2.20 bits per heavy atom. The SMILES string of the molecule is C1=C(c2ccccc2)C2CCC(C2)C1c1ccccc1. The smallest absolute Gasteiger partial charge is 0.00526 e. The van der Waals surface area contributed by atoms with Crippen LogP contribution in [0.1, 0.15) is 36.3 Å². The van der Waals surface area contributed by atoms with Crippen molar-refractivity contribution in [3.63, 3.8) is 0 Å². The highest BCUT2D eigenvalue weighted by molar-refractivity contribution is 5.70. The van der Waals surface area contributed by atoms with E-state index in [0.717, 1.165) is 11.8 Å². The van der Waals surface area contributed by atoms with Crippen molar-refractivity contribution < 1.29 is 0 Å². The average molecular weight is 260 g/mol. The zero-order valence-electron chi connectivity index (χ0n) is 11.7. The molecule has 0 saturated heterocycles. The number of fused-ring (bicyclic) bond motifs is 2. The largest absolute Gasteiger partial charge is 0.0726 e. The number of benzene rings is 2. The summed E-state index contributed by atoms with van der Waals surface area (Å²) < 4.78 is 0. The summed E-state index contributed by atoms with van der Waals surface area (Å²) in [6.07, 6.45) is 6.70. The van der Waals surface area contributed by atoms with E-state index in [2.05, 4.69) is 66.7 Å². The second-order valence-corrected chi connectivity index (χ2v) is 6.19. The molecule has 3 atom stereocenters. The first kappa shape index (κ1) is 12.0. The van der Waals surface area contributed by atoms with Crippen LogP contribution in [-0.4, -0.2) is 0 Å². The third-order valence-electron chi connectivity index (χ3n) is 5.07. The van der Waals surface area contributed by atoms with Crippen LogP contribution < -0.4 is 0 Å². The average Bonchev–Trinajstić information content (AvgIpc) is 2.93. The van der Waals surface area contributed by atoms with Crippen LogP contribution in [0.25, 0.3) is 5.57 Å². The molecule has 2 aromatic rings. The minimum atomic E-state index is 0.616. The molecule has 3 unspecified atom stereocenters. The summed E-state index contributed by atoms with van der Waals surface area (Å²) in [5.41, 5.74) is 4.51. The molecule has 0 heteroatoms. The first-order valence-corrected chi connectivity index (χ1v) is 7.74. The van der Waals surface area contributed by atoms with Crippen molar-refractivity contribution in [2.75, 3.05) is 0 Å². The van der Waals surface area contributed by atoms with Gasteiger partial charge in [-0.05, 0) is 47.8 Å². The Bertz CT molecular complexity index is 609. The fourth-order valence-corrected chi connectivity index (χ4v) is 4.10. The van der Waals surface area contributed by atoms with Gasteiger partial charge in [0.1, 0.15) is 0 Å². The van der Waals surface area contributed by atoms with Crippen LogP contribution in [0.2, 0.25) is 0 Å². The maximum absolute atomic E-state index is 2.57. The van der Waals surface area contributed by atoms with Crippen molar-refractivity contribution in [1.82, 2.24) is 0 Å². The Morgan fingerprint density at radius 2 is 1.45 bits per heavy atom.